The highest BCUT2D eigenvalue weighted by Gasteiger charge is 2.55. The molecule has 1 saturated carbocycles. The first-order valence-electron chi connectivity index (χ1n) is 7.86. The van der Waals surface area contributed by atoms with Gasteiger partial charge in [-0.2, -0.15) is 0 Å². The van der Waals surface area contributed by atoms with E-state index >= 15 is 0 Å². The number of aromatic nitrogens is 2. The molecule has 1 aromatic heterocycles. The van der Waals surface area contributed by atoms with Crippen LogP contribution in [0.25, 0.3) is 0 Å². The summed E-state index contributed by atoms with van der Waals surface area (Å²) in [5.74, 6) is -0.702. The van der Waals surface area contributed by atoms with Crippen LogP contribution in [0.1, 0.15) is 37.8 Å². The summed E-state index contributed by atoms with van der Waals surface area (Å²) in [5, 5.41) is 8.95. The van der Waals surface area contributed by atoms with Crippen molar-refractivity contribution in [2.45, 2.75) is 43.6 Å². The molecule has 0 unspecified atom stereocenters. The highest BCUT2D eigenvalue weighted by atomic mass is 16.5. The fourth-order valence-electron chi connectivity index (χ4n) is 2.90. The SMILES string of the molecule is CN(C(=O)C1(c2cn(C)cn2)CC1)[C@H](CCCCN)C(=O)NO. The van der Waals surface area contributed by atoms with Gasteiger partial charge in [-0.15, -0.1) is 0 Å². The van der Waals surface area contributed by atoms with E-state index in [0.29, 0.717) is 19.4 Å². The molecule has 1 aliphatic rings. The fourth-order valence-corrected chi connectivity index (χ4v) is 2.90. The Balaban J connectivity index is 2.13. The van der Waals surface area contributed by atoms with E-state index in [0.717, 1.165) is 25.0 Å². The number of carbonyl (C=O) groups is 2. The molecule has 0 bridgehead atoms. The van der Waals surface area contributed by atoms with Crippen LogP contribution < -0.4 is 11.2 Å². The van der Waals surface area contributed by atoms with Crippen molar-refractivity contribution in [3.8, 4) is 0 Å². The zero-order chi connectivity index (χ0) is 17.0. The third-order valence-electron chi connectivity index (χ3n) is 4.49. The van der Waals surface area contributed by atoms with Gasteiger partial charge in [0, 0.05) is 20.3 Å². The number of imidazole rings is 1. The second kappa shape index (κ2) is 7.10. The van der Waals surface area contributed by atoms with Gasteiger partial charge < -0.3 is 15.2 Å². The minimum Gasteiger partial charge on any atom is -0.340 e. The third kappa shape index (κ3) is 3.53. The summed E-state index contributed by atoms with van der Waals surface area (Å²) >= 11 is 0. The lowest BCUT2D eigenvalue weighted by Gasteiger charge is -2.29. The molecule has 1 fully saturated rings. The molecule has 0 aliphatic heterocycles. The second-order valence-electron chi connectivity index (χ2n) is 6.20. The van der Waals surface area contributed by atoms with Crippen LogP contribution >= 0.6 is 0 Å². The maximum absolute atomic E-state index is 12.9. The predicted octanol–water partition coefficient (Wildman–Crippen LogP) is -0.0869. The van der Waals surface area contributed by atoms with Crippen LogP contribution in [0.2, 0.25) is 0 Å². The average molecular weight is 323 g/mol. The Morgan fingerprint density at radius 3 is 2.70 bits per heavy atom. The number of carbonyl (C=O) groups excluding carboxylic acids is 2. The lowest BCUT2D eigenvalue weighted by Crippen LogP contribution is -2.50. The highest BCUT2D eigenvalue weighted by Crippen LogP contribution is 2.49. The summed E-state index contributed by atoms with van der Waals surface area (Å²) in [4.78, 5) is 30.6. The van der Waals surface area contributed by atoms with E-state index in [4.69, 9.17) is 10.9 Å². The summed E-state index contributed by atoms with van der Waals surface area (Å²) in [6.45, 7) is 0.531. The van der Waals surface area contributed by atoms with Crippen molar-refractivity contribution in [1.29, 1.82) is 0 Å². The maximum Gasteiger partial charge on any atom is 0.266 e. The van der Waals surface area contributed by atoms with Crippen molar-refractivity contribution >= 4 is 11.8 Å². The standard InChI is InChI=1S/C15H25N5O3/c1-19-9-12(17-10-19)15(6-7-15)14(22)20(2)11(13(21)18-23)5-3-4-8-16/h9-11,23H,3-8,16H2,1-2H3,(H,18,21)/t11-/m1/s1. The fraction of sp³-hybridized carbons (Fsp3) is 0.667. The van der Waals surface area contributed by atoms with Gasteiger partial charge in [0.25, 0.3) is 5.91 Å². The van der Waals surface area contributed by atoms with E-state index in [-0.39, 0.29) is 5.91 Å². The summed E-state index contributed by atoms with van der Waals surface area (Å²) in [6, 6.07) is -0.708. The monoisotopic (exact) mass is 323 g/mol. The Labute approximate surface area is 135 Å². The smallest absolute Gasteiger partial charge is 0.266 e. The largest absolute Gasteiger partial charge is 0.340 e. The Kier molecular flexibility index (Phi) is 5.38. The molecule has 2 rings (SSSR count). The van der Waals surface area contributed by atoms with E-state index in [1.807, 2.05) is 17.8 Å². The van der Waals surface area contributed by atoms with E-state index in [1.165, 1.54) is 4.90 Å². The number of hydrogen-bond acceptors (Lipinski definition) is 5. The Morgan fingerprint density at radius 2 is 2.22 bits per heavy atom. The van der Waals surface area contributed by atoms with Crippen molar-refractivity contribution in [3.05, 3.63) is 18.2 Å². The normalized spacial score (nSPS) is 16.7. The molecular formula is C15H25N5O3. The summed E-state index contributed by atoms with van der Waals surface area (Å²) in [5.41, 5.74) is 7.25. The van der Waals surface area contributed by atoms with Crippen molar-refractivity contribution < 1.29 is 14.8 Å². The number of likely N-dealkylation sites (N-methyl/N-ethyl adjacent to an activating group) is 1. The van der Waals surface area contributed by atoms with Crippen LogP contribution in [0.15, 0.2) is 12.5 Å². The highest BCUT2D eigenvalue weighted by molar-refractivity contribution is 5.94. The van der Waals surface area contributed by atoms with E-state index in [9.17, 15) is 9.59 Å². The first kappa shape index (κ1) is 17.4. The van der Waals surface area contributed by atoms with E-state index in [2.05, 4.69) is 4.98 Å². The number of hydroxylamine groups is 1. The molecule has 0 aromatic carbocycles. The van der Waals surface area contributed by atoms with E-state index < -0.39 is 17.4 Å². The molecule has 23 heavy (non-hydrogen) atoms. The number of amides is 2. The van der Waals surface area contributed by atoms with Crippen molar-refractivity contribution in [3.63, 3.8) is 0 Å². The van der Waals surface area contributed by atoms with Crippen LogP contribution in [0.5, 0.6) is 0 Å². The molecule has 0 spiro atoms. The Hall–Kier alpha value is -1.93. The first-order chi connectivity index (χ1) is 11.0. The number of nitrogens with two attached hydrogens (primary N) is 1. The average Bonchev–Trinajstić information content (AvgIpc) is 3.25. The van der Waals surface area contributed by atoms with Crippen molar-refractivity contribution in [2.75, 3.05) is 13.6 Å². The van der Waals surface area contributed by atoms with Crippen molar-refractivity contribution in [2.24, 2.45) is 12.8 Å². The molecule has 128 valence electrons. The van der Waals surface area contributed by atoms with Gasteiger partial charge in [0.1, 0.15) is 6.04 Å². The number of unbranched alkanes of at least 4 members (excludes halogenated alkanes) is 1. The summed E-state index contributed by atoms with van der Waals surface area (Å²) in [7, 11) is 3.46. The predicted molar refractivity (Wildman–Crippen MR) is 83.5 cm³/mol. The van der Waals surface area contributed by atoms with Gasteiger partial charge in [-0.05, 0) is 38.6 Å². The molecule has 0 radical (unpaired) electrons. The minimum atomic E-state index is -0.708. The lowest BCUT2D eigenvalue weighted by molar-refractivity contribution is -0.145. The first-order valence-corrected chi connectivity index (χ1v) is 7.86. The topological polar surface area (TPSA) is 113 Å². The molecule has 8 nitrogen and oxygen atoms in total. The van der Waals surface area contributed by atoms with Crippen LogP contribution in [0, 0.1) is 0 Å². The van der Waals surface area contributed by atoms with Gasteiger partial charge in [0.15, 0.2) is 0 Å². The van der Waals surface area contributed by atoms with Gasteiger partial charge in [-0.3, -0.25) is 14.8 Å². The molecule has 8 heteroatoms. The number of rotatable bonds is 8. The number of hydrogen-bond donors (Lipinski definition) is 3. The van der Waals surface area contributed by atoms with Crippen LogP contribution in [0.3, 0.4) is 0 Å². The molecule has 1 heterocycles. The molecule has 2 amide bonds. The lowest BCUT2D eigenvalue weighted by atomic mass is 9.99. The Bertz CT molecular complexity index is 567. The van der Waals surface area contributed by atoms with Gasteiger partial charge in [-0.25, -0.2) is 10.5 Å². The molecule has 4 N–H and O–H groups in total. The van der Waals surface area contributed by atoms with Crippen molar-refractivity contribution in [1.82, 2.24) is 19.9 Å². The van der Waals surface area contributed by atoms with Crippen LogP contribution in [0.4, 0.5) is 0 Å². The molecule has 1 aliphatic carbocycles. The van der Waals surface area contributed by atoms with Crippen LogP contribution in [-0.4, -0.2) is 51.1 Å². The summed E-state index contributed by atoms with van der Waals surface area (Å²) < 4.78 is 1.81. The number of nitrogens with one attached hydrogen (secondary N) is 1. The maximum atomic E-state index is 12.9. The van der Waals surface area contributed by atoms with Gasteiger partial charge >= 0.3 is 0 Å². The van der Waals surface area contributed by atoms with Crippen LogP contribution in [-0.2, 0) is 22.1 Å². The molecular weight excluding hydrogens is 298 g/mol. The molecule has 1 atom stereocenters. The molecule has 1 aromatic rings. The Morgan fingerprint density at radius 1 is 1.52 bits per heavy atom. The van der Waals surface area contributed by atoms with E-state index in [1.54, 1.807) is 18.9 Å². The summed E-state index contributed by atoms with van der Waals surface area (Å²) in [6.07, 6.45) is 6.90. The van der Waals surface area contributed by atoms with Gasteiger partial charge in [0.05, 0.1) is 17.4 Å². The zero-order valence-corrected chi connectivity index (χ0v) is 13.7. The number of aryl methyl sites for hydroxylation is 1. The van der Waals surface area contributed by atoms with Gasteiger partial charge in [0.2, 0.25) is 5.91 Å². The third-order valence-corrected chi connectivity index (χ3v) is 4.49. The van der Waals surface area contributed by atoms with Gasteiger partial charge in [-0.1, -0.05) is 0 Å². The quantitative estimate of drug-likeness (QED) is 0.351. The molecule has 0 saturated heterocycles. The number of nitrogens with zero attached hydrogens (tertiary/aromatic N) is 3. The second-order valence-corrected chi connectivity index (χ2v) is 6.20. The minimum absolute atomic E-state index is 0.127. The zero-order valence-electron chi connectivity index (χ0n) is 13.7.